The molecule has 0 aromatic heterocycles. The molecule has 0 atom stereocenters. The van der Waals surface area contributed by atoms with Crippen molar-refractivity contribution in [2.24, 2.45) is 0 Å². The first-order chi connectivity index (χ1) is 9.93. The van der Waals surface area contributed by atoms with Crippen LogP contribution in [0.2, 0.25) is 0 Å². The van der Waals surface area contributed by atoms with Gasteiger partial charge < -0.3 is 14.7 Å². The van der Waals surface area contributed by atoms with Gasteiger partial charge in [0.25, 0.3) is 0 Å². The van der Waals surface area contributed by atoms with Gasteiger partial charge in [0, 0.05) is 19.3 Å². The molecule has 0 fully saturated rings. The molecule has 0 aliphatic carbocycles. The van der Waals surface area contributed by atoms with Crippen LogP contribution in [0.3, 0.4) is 0 Å². The van der Waals surface area contributed by atoms with E-state index in [-0.39, 0.29) is 5.95 Å². The Kier molecular flexibility index (Phi) is 6.53. The molecule has 0 bridgehead atoms. The molecule has 0 radical (unpaired) electrons. The third kappa shape index (κ3) is 5.73. The van der Waals surface area contributed by atoms with Crippen LogP contribution in [0.25, 0.3) is 5.70 Å². The highest BCUT2D eigenvalue weighted by atomic mass is 16.6. The Morgan fingerprint density at radius 3 is 2.43 bits per heavy atom. The Morgan fingerprint density at radius 1 is 1.29 bits per heavy atom. The Labute approximate surface area is 127 Å². The molecule has 0 saturated carbocycles. The van der Waals surface area contributed by atoms with Crippen LogP contribution in [0, 0.1) is 6.92 Å². The summed E-state index contributed by atoms with van der Waals surface area (Å²) < 4.78 is 6.91. The van der Waals surface area contributed by atoms with Gasteiger partial charge in [0.1, 0.15) is 14.1 Å². The fourth-order valence-electron chi connectivity index (χ4n) is 1.77. The number of allylic oxidation sites excluding steroid dienone is 1. The highest BCUT2D eigenvalue weighted by molar-refractivity contribution is 5.81. The standard InChI is InChI=1S/C17H24N2O2/c1-6-21-17(20)13-19(5)16(11-12-18(3)4)15-9-7-14(2)8-10-15/h7-13H,6H2,1-5H3/b17-13+. The van der Waals surface area contributed by atoms with Crippen LogP contribution in [0.5, 0.6) is 0 Å². The van der Waals surface area contributed by atoms with Crippen molar-refractivity contribution in [2.75, 3.05) is 27.7 Å². The molecule has 4 heteroatoms. The lowest BCUT2D eigenvalue weighted by Gasteiger charge is -2.22. The van der Waals surface area contributed by atoms with E-state index in [1.165, 1.54) is 11.8 Å². The zero-order chi connectivity index (χ0) is 15.8. The highest BCUT2D eigenvalue weighted by Gasteiger charge is 2.06. The van der Waals surface area contributed by atoms with Crippen LogP contribution >= 0.6 is 0 Å². The molecule has 1 aromatic rings. The number of benzene rings is 1. The summed E-state index contributed by atoms with van der Waals surface area (Å²) in [5.41, 5.74) is 3.17. The smallest absolute Gasteiger partial charge is 0.165 e. The summed E-state index contributed by atoms with van der Waals surface area (Å²) >= 11 is 0. The maximum atomic E-state index is 11.6. The number of ether oxygens (including phenoxy) is 1. The van der Waals surface area contributed by atoms with Gasteiger partial charge in [-0.2, -0.15) is 0 Å². The van der Waals surface area contributed by atoms with Gasteiger partial charge in [0.2, 0.25) is 0 Å². The lowest BCUT2D eigenvalue weighted by Crippen LogP contribution is -2.17. The quantitative estimate of drug-likeness (QED) is 0.455. The molecule has 0 aliphatic rings. The van der Waals surface area contributed by atoms with E-state index < -0.39 is 0 Å². The molecule has 0 aliphatic heterocycles. The number of nitrogens with zero attached hydrogens (tertiary/aromatic N) is 2. The molecule has 0 saturated heterocycles. The lowest BCUT2D eigenvalue weighted by atomic mass is 10.1. The molecule has 0 amide bonds. The van der Waals surface area contributed by atoms with E-state index in [0.29, 0.717) is 6.61 Å². The molecular formula is C17H24N2O2. The molecule has 0 spiro atoms. The van der Waals surface area contributed by atoms with Crippen LogP contribution in [0.15, 0.2) is 42.5 Å². The SMILES string of the molecule is CCO/C([O-])=C/N(C)/C(=C\C=[N+](C)C)c1ccc(C)cc1. The normalized spacial score (nSPS) is 12.0. The van der Waals surface area contributed by atoms with E-state index in [9.17, 15) is 5.11 Å². The van der Waals surface area contributed by atoms with Crippen molar-refractivity contribution in [3.63, 3.8) is 0 Å². The molecule has 21 heavy (non-hydrogen) atoms. The molecule has 1 rings (SSSR count). The topological polar surface area (TPSA) is 38.5 Å². The minimum absolute atomic E-state index is 0.345. The Bertz CT molecular complexity index is 538. The van der Waals surface area contributed by atoms with Crippen LogP contribution in [0.1, 0.15) is 18.1 Å². The average Bonchev–Trinajstić information content (AvgIpc) is 2.40. The summed E-state index contributed by atoms with van der Waals surface area (Å²) in [5, 5.41) is 11.6. The van der Waals surface area contributed by atoms with Crippen LogP contribution < -0.4 is 5.11 Å². The minimum Gasteiger partial charge on any atom is -0.613 e. The zero-order valence-electron chi connectivity index (χ0n) is 13.5. The second-order valence-corrected chi connectivity index (χ2v) is 5.02. The molecule has 1 aromatic carbocycles. The van der Waals surface area contributed by atoms with Gasteiger partial charge in [-0.25, -0.2) is 4.58 Å². The first kappa shape index (κ1) is 16.8. The molecule has 0 heterocycles. The zero-order valence-corrected chi connectivity index (χ0v) is 13.5. The summed E-state index contributed by atoms with van der Waals surface area (Å²) in [6, 6.07) is 8.19. The number of rotatable bonds is 6. The number of hydrogen-bond acceptors (Lipinski definition) is 3. The first-order valence-electron chi connectivity index (χ1n) is 6.97. The Morgan fingerprint density at radius 2 is 1.90 bits per heavy atom. The van der Waals surface area contributed by atoms with Crippen molar-refractivity contribution in [2.45, 2.75) is 13.8 Å². The second kappa shape index (κ2) is 8.15. The maximum absolute atomic E-state index is 11.6. The predicted octanol–water partition coefficient (Wildman–Crippen LogP) is 1.81. The van der Waals surface area contributed by atoms with Crippen LogP contribution in [-0.2, 0) is 4.74 Å². The van der Waals surface area contributed by atoms with Gasteiger partial charge in [-0.05, 0) is 19.1 Å². The Balaban J connectivity index is 3.14. The molecule has 0 N–H and O–H groups in total. The van der Waals surface area contributed by atoms with Gasteiger partial charge in [-0.15, -0.1) is 0 Å². The summed E-state index contributed by atoms with van der Waals surface area (Å²) in [6.07, 6.45) is 5.38. The van der Waals surface area contributed by atoms with Crippen molar-refractivity contribution < 1.29 is 14.4 Å². The maximum Gasteiger partial charge on any atom is 0.165 e. The monoisotopic (exact) mass is 288 g/mol. The van der Waals surface area contributed by atoms with E-state index in [4.69, 9.17) is 4.74 Å². The van der Waals surface area contributed by atoms with E-state index in [1.807, 2.05) is 57.1 Å². The fourth-order valence-corrected chi connectivity index (χ4v) is 1.77. The van der Waals surface area contributed by atoms with E-state index >= 15 is 0 Å². The van der Waals surface area contributed by atoms with Gasteiger partial charge in [0.15, 0.2) is 6.21 Å². The van der Waals surface area contributed by atoms with Crippen LogP contribution in [-0.4, -0.2) is 43.4 Å². The summed E-state index contributed by atoms with van der Waals surface area (Å²) in [6.45, 7) is 4.21. The molecule has 114 valence electrons. The molecule has 4 nitrogen and oxygen atoms in total. The van der Waals surface area contributed by atoms with Crippen molar-refractivity contribution in [3.05, 3.63) is 53.6 Å². The van der Waals surface area contributed by atoms with Crippen molar-refractivity contribution in [1.29, 1.82) is 0 Å². The van der Waals surface area contributed by atoms with E-state index in [0.717, 1.165) is 11.3 Å². The van der Waals surface area contributed by atoms with Gasteiger partial charge in [-0.3, -0.25) is 0 Å². The van der Waals surface area contributed by atoms with Crippen LogP contribution in [0.4, 0.5) is 0 Å². The van der Waals surface area contributed by atoms with Gasteiger partial charge in [0.05, 0.1) is 11.6 Å². The third-order valence-corrected chi connectivity index (χ3v) is 2.84. The summed E-state index contributed by atoms with van der Waals surface area (Å²) in [7, 11) is 5.75. The van der Waals surface area contributed by atoms with Crippen molar-refractivity contribution >= 4 is 11.9 Å². The lowest BCUT2D eigenvalue weighted by molar-refractivity contribution is -0.458. The Hall–Kier alpha value is -2.23. The van der Waals surface area contributed by atoms with E-state index in [2.05, 4.69) is 12.1 Å². The average molecular weight is 288 g/mol. The van der Waals surface area contributed by atoms with Crippen molar-refractivity contribution in [1.82, 2.24) is 4.90 Å². The van der Waals surface area contributed by atoms with Gasteiger partial charge >= 0.3 is 0 Å². The largest absolute Gasteiger partial charge is 0.613 e. The molecule has 0 unspecified atom stereocenters. The summed E-state index contributed by atoms with van der Waals surface area (Å²) in [4.78, 5) is 1.78. The minimum atomic E-state index is -0.345. The molecular weight excluding hydrogens is 264 g/mol. The first-order valence-corrected chi connectivity index (χ1v) is 6.97. The van der Waals surface area contributed by atoms with Crippen molar-refractivity contribution in [3.8, 4) is 0 Å². The third-order valence-electron chi connectivity index (χ3n) is 2.84. The number of hydrogen-bond donors (Lipinski definition) is 0. The predicted molar refractivity (Wildman–Crippen MR) is 84.8 cm³/mol. The summed E-state index contributed by atoms with van der Waals surface area (Å²) in [5.74, 6) is -0.345. The number of aryl methyl sites for hydroxylation is 1. The fraction of sp³-hybridized carbons (Fsp3) is 0.353. The highest BCUT2D eigenvalue weighted by Crippen LogP contribution is 2.18. The van der Waals surface area contributed by atoms with Gasteiger partial charge in [-0.1, -0.05) is 36.8 Å². The second-order valence-electron chi connectivity index (χ2n) is 5.02. The van der Waals surface area contributed by atoms with E-state index in [1.54, 1.807) is 11.8 Å².